The summed E-state index contributed by atoms with van der Waals surface area (Å²) in [5.41, 5.74) is 2.95. The highest BCUT2D eigenvalue weighted by Gasteiger charge is 2.27. The maximum atomic E-state index is 13.1. The molecule has 26 heavy (non-hydrogen) atoms. The van der Waals surface area contributed by atoms with E-state index in [1.54, 1.807) is 22.9 Å². The van der Waals surface area contributed by atoms with Crippen molar-refractivity contribution in [2.75, 3.05) is 6.54 Å². The van der Waals surface area contributed by atoms with Crippen molar-refractivity contribution in [3.63, 3.8) is 0 Å². The van der Waals surface area contributed by atoms with Crippen LogP contribution >= 0.6 is 11.6 Å². The first kappa shape index (κ1) is 16.8. The number of carbonyl (C=O) groups is 1. The smallest absolute Gasteiger partial charge is 0.269 e. The fourth-order valence-corrected chi connectivity index (χ4v) is 3.05. The van der Waals surface area contributed by atoms with Crippen molar-refractivity contribution < 1.29 is 9.18 Å². The number of nitrogens with one attached hydrogen (secondary N) is 2. The summed E-state index contributed by atoms with van der Waals surface area (Å²) < 4.78 is 14.8. The number of carbonyl (C=O) groups excluding carboxylic acids is 1. The Morgan fingerprint density at radius 1 is 1.19 bits per heavy atom. The first-order valence-electron chi connectivity index (χ1n) is 8.22. The van der Waals surface area contributed by atoms with E-state index in [4.69, 9.17) is 11.6 Å². The van der Waals surface area contributed by atoms with Crippen LogP contribution in [0.2, 0.25) is 5.02 Å². The fourth-order valence-electron chi connectivity index (χ4n) is 2.93. The predicted octanol–water partition coefficient (Wildman–Crippen LogP) is 3.37. The maximum Gasteiger partial charge on any atom is 0.269 e. The minimum atomic E-state index is -0.307. The van der Waals surface area contributed by atoms with Crippen LogP contribution < -0.4 is 10.6 Å². The lowest BCUT2D eigenvalue weighted by atomic mass is 10.1. The van der Waals surface area contributed by atoms with Crippen molar-refractivity contribution >= 4 is 17.5 Å². The van der Waals surface area contributed by atoms with Gasteiger partial charge in [-0.1, -0.05) is 23.7 Å². The van der Waals surface area contributed by atoms with Gasteiger partial charge in [0, 0.05) is 17.1 Å². The van der Waals surface area contributed by atoms with Gasteiger partial charge in [0.25, 0.3) is 5.91 Å². The molecule has 1 aliphatic heterocycles. The molecule has 0 radical (unpaired) electrons. The van der Waals surface area contributed by atoms with Gasteiger partial charge in [-0.05, 0) is 48.0 Å². The van der Waals surface area contributed by atoms with E-state index in [-0.39, 0.29) is 17.9 Å². The highest BCUT2D eigenvalue weighted by atomic mass is 35.5. The average molecular weight is 371 g/mol. The topological polar surface area (TPSA) is 59.0 Å². The summed E-state index contributed by atoms with van der Waals surface area (Å²) >= 11 is 5.91. The number of rotatable bonds is 4. The van der Waals surface area contributed by atoms with Crippen LogP contribution in [0.1, 0.15) is 22.2 Å². The summed E-state index contributed by atoms with van der Waals surface area (Å²) in [5.74, 6) is -0.478. The summed E-state index contributed by atoms with van der Waals surface area (Å²) in [7, 11) is 0. The Balaban J connectivity index is 1.58. The van der Waals surface area contributed by atoms with Crippen molar-refractivity contribution in [2.24, 2.45) is 0 Å². The standard InChI is InChI=1S/C19H16ClFN4O/c20-14-5-1-12(2-6-14)10-22-18-11-23-19(26)17-9-16(24-25(17)18)13-3-7-15(21)8-4-13/h1-9,18,22H,10-11H2,(H,23,26)/t18-/m0/s1. The van der Waals surface area contributed by atoms with E-state index in [1.165, 1.54) is 12.1 Å². The van der Waals surface area contributed by atoms with Crippen molar-refractivity contribution in [1.82, 2.24) is 20.4 Å². The number of hydrogen-bond acceptors (Lipinski definition) is 3. The molecule has 3 aromatic rings. The lowest BCUT2D eigenvalue weighted by Crippen LogP contribution is -2.45. The lowest BCUT2D eigenvalue weighted by molar-refractivity contribution is 0.0900. The van der Waals surface area contributed by atoms with Crippen LogP contribution in [0.5, 0.6) is 0 Å². The Kier molecular flexibility index (Phi) is 4.44. The zero-order valence-electron chi connectivity index (χ0n) is 13.7. The third-order valence-corrected chi connectivity index (χ3v) is 4.57. The molecule has 1 atom stereocenters. The number of benzene rings is 2. The Labute approximate surface area is 154 Å². The number of hydrogen-bond donors (Lipinski definition) is 2. The molecule has 0 bridgehead atoms. The predicted molar refractivity (Wildman–Crippen MR) is 97.3 cm³/mol. The lowest BCUT2D eigenvalue weighted by Gasteiger charge is -2.25. The van der Waals surface area contributed by atoms with Gasteiger partial charge < -0.3 is 5.32 Å². The molecule has 1 aliphatic rings. The van der Waals surface area contributed by atoms with Crippen molar-refractivity contribution in [2.45, 2.75) is 12.7 Å². The van der Waals surface area contributed by atoms with Crippen molar-refractivity contribution in [3.8, 4) is 11.3 Å². The Morgan fingerprint density at radius 3 is 2.65 bits per heavy atom. The van der Waals surface area contributed by atoms with E-state index < -0.39 is 0 Å². The van der Waals surface area contributed by atoms with Crippen LogP contribution in [0.3, 0.4) is 0 Å². The van der Waals surface area contributed by atoms with E-state index >= 15 is 0 Å². The molecule has 1 aromatic heterocycles. The van der Waals surface area contributed by atoms with Gasteiger partial charge in [0.05, 0.1) is 12.2 Å². The van der Waals surface area contributed by atoms with E-state index in [2.05, 4.69) is 15.7 Å². The van der Waals surface area contributed by atoms with Gasteiger partial charge in [-0.3, -0.25) is 10.1 Å². The normalized spacial score (nSPS) is 16.2. The van der Waals surface area contributed by atoms with E-state index in [0.717, 1.165) is 11.1 Å². The van der Waals surface area contributed by atoms with Crippen LogP contribution in [-0.2, 0) is 6.54 Å². The Hall–Kier alpha value is -2.70. The number of fused-ring (bicyclic) bond motifs is 1. The molecule has 2 aromatic carbocycles. The molecule has 2 heterocycles. The second-order valence-corrected chi connectivity index (χ2v) is 6.54. The Bertz CT molecular complexity index is 937. The van der Waals surface area contributed by atoms with E-state index in [1.807, 2.05) is 24.3 Å². The molecule has 1 amide bonds. The highest BCUT2D eigenvalue weighted by molar-refractivity contribution is 6.30. The monoisotopic (exact) mass is 370 g/mol. The molecule has 0 saturated heterocycles. The minimum Gasteiger partial charge on any atom is -0.347 e. The fraction of sp³-hybridized carbons (Fsp3) is 0.158. The van der Waals surface area contributed by atoms with Crippen LogP contribution in [0.4, 0.5) is 4.39 Å². The van der Waals surface area contributed by atoms with Gasteiger partial charge in [0.2, 0.25) is 0 Å². The summed E-state index contributed by atoms with van der Waals surface area (Å²) in [6, 6.07) is 15.4. The molecule has 2 N–H and O–H groups in total. The molecular formula is C19H16ClFN4O. The van der Waals surface area contributed by atoms with Crippen molar-refractivity contribution in [3.05, 3.63) is 76.7 Å². The minimum absolute atomic E-state index is 0.171. The van der Waals surface area contributed by atoms with Gasteiger partial charge in [-0.25, -0.2) is 9.07 Å². The molecule has 0 unspecified atom stereocenters. The Morgan fingerprint density at radius 2 is 1.92 bits per heavy atom. The quantitative estimate of drug-likeness (QED) is 0.740. The molecule has 0 fully saturated rings. The van der Waals surface area contributed by atoms with Gasteiger partial charge in [-0.15, -0.1) is 0 Å². The molecule has 4 rings (SSSR count). The largest absolute Gasteiger partial charge is 0.347 e. The molecular weight excluding hydrogens is 355 g/mol. The number of amides is 1. The van der Waals surface area contributed by atoms with Gasteiger partial charge in [0.1, 0.15) is 17.7 Å². The average Bonchev–Trinajstić information content (AvgIpc) is 3.10. The molecule has 0 spiro atoms. The third-order valence-electron chi connectivity index (χ3n) is 4.31. The first-order chi connectivity index (χ1) is 12.6. The molecule has 132 valence electrons. The van der Waals surface area contributed by atoms with Crippen LogP contribution in [0, 0.1) is 5.82 Å². The summed E-state index contributed by atoms with van der Waals surface area (Å²) in [6.07, 6.45) is -0.174. The van der Waals surface area contributed by atoms with Crippen LogP contribution in [0.15, 0.2) is 54.6 Å². The SMILES string of the molecule is O=C1NC[C@@H](NCc2ccc(Cl)cc2)n2nc(-c3ccc(F)cc3)cc21. The number of aromatic nitrogens is 2. The summed E-state index contributed by atoms with van der Waals surface area (Å²) in [5, 5.41) is 11.5. The van der Waals surface area contributed by atoms with Gasteiger partial charge >= 0.3 is 0 Å². The molecule has 0 saturated carbocycles. The number of nitrogens with zero attached hydrogens (tertiary/aromatic N) is 2. The van der Waals surface area contributed by atoms with Crippen LogP contribution in [0.25, 0.3) is 11.3 Å². The number of halogens is 2. The molecule has 7 heteroatoms. The van der Waals surface area contributed by atoms with Crippen molar-refractivity contribution in [1.29, 1.82) is 0 Å². The zero-order chi connectivity index (χ0) is 18.1. The highest BCUT2D eigenvalue weighted by Crippen LogP contribution is 2.23. The van der Waals surface area contributed by atoms with Crippen LogP contribution in [-0.4, -0.2) is 22.2 Å². The summed E-state index contributed by atoms with van der Waals surface area (Å²) in [4.78, 5) is 12.2. The molecule has 5 nitrogen and oxygen atoms in total. The summed E-state index contributed by atoms with van der Waals surface area (Å²) in [6.45, 7) is 1.05. The van der Waals surface area contributed by atoms with E-state index in [0.29, 0.717) is 29.5 Å². The third kappa shape index (κ3) is 3.34. The van der Waals surface area contributed by atoms with E-state index in [9.17, 15) is 9.18 Å². The molecule has 0 aliphatic carbocycles. The second kappa shape index (κ2) is 6.90. The van der Waals surface area contributed by atoms with Gasteiger partial charge in [-0.2, -0.15) is 5.10 Å². The maximum absolute atomic E-state index is 13.1. The second-order valence-electron chi connectivity index (χ2n) is 6.10. The zero-order valence-corrected chi connectivity index (χ0v) is 14.5. The van der Waals surface area contributed by atoms with Gasteiger partial charge in [0.15, 0.2) is 0 Å². The first-order valence-corrected chi connectivity index (χ1v) is 8.59.